The summed E-state index contributed by atoms with van der Waals surface area (Å²) in [5, 5.41) is 4.65. The first-order chi connectivity index (χ1) is 7.61. The van der Waals surface area contributed by atoms with E-state index in [1.165, 1.54) is 0 Å². The van der Waals surface area contributed by atoms with Crippen LogP contribution in [0.25, 0.3) is 11.4 Å². The molecule has 2 rings (SSSR count). The van der Waals surface area contributed by atoms with Crippen LogP contribution in [0.2, 0.25) is 5.15 Å². The number of aromatic nitrogens is 4. The zero-order chi connectivity index (χ0) is 11.7. The van der Waals surface area contributed by atoms with Gasteiger partial charge in [0.05, 0.1) is 11.8 Å². The van der Waals surface area contributed by atoms with Gasteiger partial charge in [-0.15, -0.1) is 0 Å². The standard InChI is InChI=1S/C11H13ClN4/c1-4-8-5-10(12)15-11(14-8)9-6-13-16(3)7(9)2/h5-6H,4H2,1-3H3. The van der Waals surface area contributed by atoms with Crippen molar-refractivity contribution in [1.82, 2.24) is 19.7 Å². The van der Waals surface area contributed by atoms with Crippen LogP contribution < -0.4 is 0 Å². The van der Waals surface area contributed by atoms with Gasteiger partial charge in [0.2, 0.25) is 0 Å². The van der Waals surface area contributed by atoms with Crippen LogP contribution in [-0.2, 0) is 13.5 Å². The molecular formula is C11H13ClN4. The smallest absolute Gasteiger partial charge is 0.164 e. The van der Waals surface area contributed by atoms with Gasteiger partial charge in [0.15, 0.2) is 5.82 Å². The Kier molecular flexibility index (Phi) is 2.92. The van der Waals surface area contributed by atoms with Gasteiger partial charge in [-0.1, -0.05) is 18.5 Å². The van der Waals surface area contributed by atoms with Gasteiger partial charge in [0.1, 0.15) is 5.15 Å². The molecule has 2 aromatic rings. The first-order valence-corrected chi connectivity index (χ1v) is 5.52. The second-order valence-corrected chi connectivity index (χ2v) is 4.01. The predicted octanol–water partition coefficient (Wildman–Crippen LogP) is 2.40. The fourth-order valence-corrected chi connectivity index (χ4v) is 1.69. The fourth-order valence-electron chi connectivity index (χ4n) is 1.48. The molecule has 0 aromatic carbocycles. The van der Waals surface area contributed by atoms with E-state index in [0.29, 0.717) is 11.0 Å². The molecule has 5 heteroatoms. The van der Waals surface area contributed by atoms with E-state index in [1.54, 1.807) is 16.9 Å². The molecule has 0 N–H and O–H groups in total. The topological polar surface area (TPSA) is 43.6 Å². The van der Waals surface area contributed by atoms with Crippen molar-refractivity contribution in [3.8, 4) is 11.4 Å². The zero-order valence-electron chi connectivity index (χ0n) is 9.53. The van der Waals surface area contributed by atoms with Crippen LogP contribution in [0.1, 0.15) is 18.3 Å². The van der Waals surface area contributed by atoms with Crippen molar-refractivity contribution in [3.63, 3.8) is 0 Å². The maximum atomic E-state index is 5.96. The van der Waals surface area contributed by atoms with Gasteiger partial charge in [-0.3, -0.25) is 4.68 Å². The van der Waals surface area contributed by atoms with Crippen molar-refractivity contribution < 1.29 is 0 Å². The first-order valence-electron chi connectivity index (χ1n) is 5.14. The maximum Gasteiger partial charge on any atom is 0.164 e. The summed E-state index contributed by atoms with van der Waals surface area (Å²) in [6.07, 6.45) is 2.61. The molecule has 0 spiro atoms. The normalized spacial score (nSPS) is 10.8. The van der Waals surface area contributed by atoms with Crippen LogP contribution in [-0.4, -0.2) is 19.7 Å². The average Bonchev–Trinajstić information content (AvgIpc) is 2.59. The van der Waals surface area contributed by atoms with E-state index in [9.17, 15) is 0 Å². The van der Waals surface area contributed by atoms with Crippen molar-refractivity contribution in [3.05, 3.63) is 28.8 Å². The van der Waals surface area contributed by atoms with E-state index in [4.69, 9.17) is 11.6 Å². The van der Waals surface area contributed by atoms with Crippen LogP contribution >= 0.6 is 11.6 Å². The molecular weight excluding hydrogens is 224 g/mol. The highest BCUT2D eigenvalue weighted by atomic mass is 35.5. The minimum atomic E-state index is 0.477. The van der Waals surface area contributed by atoms with Gasteiger partial charge in [-0.25, -0.2) is 9.97 Å². The van der Waals surface area contributed by atoms with E-state index in [0.717, 1.165) is 23.4 Å². The lowest BCUT2D eigenvalue weighted by atomic mass is 10.2. The number of hydrogen-bond acceptors (Lipinski definition) is 3. The monoisotopic (exact) mass is 236 g/mol. The van der Waals surface area contributed by atoms with E-state index in [-0.39, 0.29) is 0 Å². The third-order valence-corrected chi connectivity index (χ3v) is 2.78. The number of halogens is 1. The molecule has 0 fully saturated rings. The summed E-state index contributed by atoms with van der Waals surface area (Å²) in [6.45, 7) is 4.02. The molecule has 0 amide bonds. The maximum absolute atomic E-state index is 5.96. The van der Waals surface area contributed by atoms with Crippen LogP contribution in [0.5, 0.6) is 0 Å². The lowest BCUT2D eigenvalue weighted by molar-refractivity contribution is 0.740. The second kappa shape index (κ2) is 4.22. The third kappa shape index (κ3) is 1.93. The number of nitrogens with zero attached hydrogens (tertiary/aromatic N) is 4. The molecule has 0 bridgehead atoms. The molecule has 0 radical (unpaired) electrons. The summed E-state index contributed by atoms with van der Waals surface area (Å²) in [5.74, 6) is 0.648. The highest BCUT2D eigenvalue weighted by Gasteiger charge is 2.10. The summed E-state index contributed by atoms with van der Waals surface area (Å²) in [4.78, 5) is 8.67. The van der Waals surface area contributed by atoms with Crippen LogP contribution in [0, 0.1) is 6.92 Å². The number of hydrogen-bond donors (Lipinski definition) is 0. The lowest BCUT2D eigenvalue weighted by Crippen LogP contribution is -1.97. The Morgan fingerprint density at radius 3 is 2.69 bits per heavy atom. The molecule has 4 nitrogen and oxygen atoms in total. The van der Waals surface area contributed by atoms with E-state index >= 15 is 0 Å². The highest BCUT2D eigenvalue weighted by Crippen LogP contribution is 2.21. The minimum absolute atomic E-state index is 0.477. The largest absolute Gasteiger partial charge is 0.272 e. The molecule has 0 aliphatic heterocycles. The fraction of sp³-hybridized carbons (Fsp3) is 0.364. The van der Waals surface area contributed by atoms with Gasteiger partial charge in [-0.05, 0) is 19.4 Å². The molecule has 0 aliphatic rings. The number of rotatable bonds is 2. The van der Waals surface area contributed by atoms with Gasteiger partial charge in [0, 0.05) is 18.4 Å². The minimum Gasteiger partial charge on any atom is -0.272 e. The summed E-state index contributed by atoms with van der Waals surface area (Å²) < 4.78 is 1.80. The van der Waals surface area contributed by atoms with Crippen molar-refractivity contribution >= 4 is 11.6 Å². The van der Waals surface area contributed by atoms with Crippen molar-refractivity contribution in [2.45, 2.75) is 20.3 Å². The molecule has 0 saturated heterocycles. The molecule has 0 aliphatic carbocycles. The summed E-state index contributed by atoms with van der Waals surface area (Å²) in [5.41, 5.74) is 2.90. The lowest BCUT2D eigenvalue weighted by Gasteiger charge is -2.03. The van der Waals surface area contributed by atoms with E-state index in [2.05, 4.69) is 15.1 Å². The summed E-state index contributed by atoms with van der Waals surface area (Å²) >= 11 is 5.96. The van der Waals surface area contributed by atoms with Crippen LogP contribution in [0.15, 0.2) is 12.3 Å². The Morgan fingerprint density at radius 1 is 1.38 bits per heavy atom. The van der Waals surface area contributed by atoms with Crippen molar-refractivity contribution in [1.29, 1.82) is 0 Å². The number of aryl methyl sites for hydroxylation is 2. The Bertz CT molecular complexity index is 519. The summed E-state index contributed by atoms with van der Waals surface area (Å²) in [6, 6.07) is 1.79. The predicted molar refractivity (Wildman–Crippen MR) is 63.4 cm³/mol. The Balaban J connectivity index is 2.55. The van der Waals surface area contributed by atoms with E-state index in [1.807, 2.05) is 20.9 Å². The van der Waals surface area contributed by atoms with Gasteiger partial charge in [0.25, 0.3) is 0 Å². The first kappa shape index (κ1) is 11.1. The Morgan fingerprint density at radius 2 is 2.12 bits per heavy atom. The molecule has 16 heavy (non-hydrogen) atoms. The van der Waals surface area contributed by atoms with Gasteiger partial charge < -0.3 is 0 Å². The van der Waals surface area contributed by atoms with Crippen molar-refractivity contribution in [2.24, 2.45) is 7.05 Å². The van der Waals surface area contributed by atoms with E-state index < -0.39 is 0 Å². The van der Waals surface area contributed by atoms with Crippen molar-refractivity contribution in [2.75, 3.05) is 0 Å². The molecule has 2 heterocycles. The third-order valence-electron chi connectivity index (χ3n) is 2.59. The SMILES string of the molecule is CCc1cc(Cl)nc(-c2cnn(C)c2C)n1. The summed E-state index contributed by atoms with van der Waals surface area (Å²) in [7, 11) is 1.89. The van der Waals surface area contributed by atoms with Gasteiger partial charge >= 0.3 is 0 Å². The quantitative estimate of drug-likeness (QED) is 0.752. The Labute approximate surface area is 99.3 Å². The average molecular weight is 237 g/mol. The molecule has 84 valence electrons. The van der Waals surface area contributed by atoms with Crippen LogP contribution in [0.4, 0.5) is 0 Å². The molecule has 0 atom stereocenters. The molecule has 0 unspecified atom stereocenters. The Hall–Kier alpha value is -1.42. The molecule has 0 saturated carbocycles. The van der Waals surface area contributed by atoms with Gasteiger partial charge in [-0.2, -0.15) is 5.10 Å². The van der Waals surface area contributed by atoms with Crippen LogP contribution in [0.3, 0.4) is 0 Å². The molecule has 2 aromatic heterocycles. The second-order valence-electron chi connectivity index (χ2n) is 3.63. The highest BCUT2D eigenvalue weighted by molar-refractivity contribution is 6.29. The zero-order valence-corrected chi connectivity index (χ0v) is 10.3.